The summed E-state index contributed by atoms with van der Waals surface area (Å²) in [4.78, 5) is 0.0821. The molecule has 0 aliphatic rings. The molecule has 0 atom stereocenters. The van der Waals surface area contributed by atoms with E-state index in [1.165, 1.54) is 6.07 Å². The summed E-state index contributed by atoms with van der Waals surface area (Å²) in [7, 11) is -3.64. The average Bonchev–Trinajstić information content (AvgIpc) is 2.29. The van der Waals surface area contributed by atoms with Gasteiger partial charge >= 0.3 is 0 Å². The van der Waals surface area contributed by atoms with E-state index in [4.69, 9.17) is 11.6 Å². The summed E-state index contributed by atoms with van der Waals surface area (Å²) >= 11 is 5.96. The molecule has 0 unspecified atom stereocenters. The van der Waals surface area contributed by atoms with Crippen LogP contribution in [0.5, 0.6) is 0 Å². The van der Waals surface area contributed by atoms with Crippen LogP contribution in [0.4, 0.5) is 5.69 Å². The van der Waals surface area contributed by atoms with Crippen LogP contribution in [-0.4, -0.2) is 8.42 Å². The molecule has 18 heavy (non-hydrogen) atoms. The van der Waals surface area contributed by atoms with Crippen molar-refractivity contribution in [1.82, 2.24) is 0 Å². The molecular formula is C13H12ClNO2S. The summed E-state index contributed by atoms with van der Waals surface area (Å²) in [6.07, 6.45) is 0. The first kappa shape index (κ1) is 12.9. The first-order valence-corrected chi connectivity index (χ1v) is 7.19. The van der Waals surface area contributed by atoms with Gasteiger partial charge in [0.1, 0.15) is 4.90 Å². The smallest absolute Gasteiger partial charge is 0.263 e. The van der Waals surface area contributed by atoms with Crippen molar-refractivity contribution in [3.63, 3.8) is 0 Å². The van der Waals surface area contributed by atoms with Gasteiger partial charge in [0.2, 0.25) is 0 Å². The molecule has 0 aliphatic carbocycles. The Labute approximate surface area is 111 Å². The molecule has 0 saturated heterocycles. The average molecular weight is 282 g/mol. The maximum atomic E-state index is 12.1. The second-order valence-corrected chi connectivity index (χ2v) is 5.96. The molecule has 5 heteroatoms. The van der Waals surface area contributed by atoms with Crippen LogP contribution in [0, 0.1) is 6.92 Å². The Balaban J connectivity index is 2.37. The molecule has 0 amide bonds. The zero-order valence-corrected chi connectivity index (χ0v) is 11.3. The van der Waals surface area contributed by atoms with Gasteiger partial charge in [0.25, 0.3) is 10.0 Å². The highest BCUT2D eigenvalue weighted by atomic mass is 35.5. The fraction of sp³-hybridized carbons (Fsp3) is 0.0769. The van der Waals surface area contributed by atoms with Crippen LogP contribution >= 0.6 is 11.6 Å². The number of rotatable bonds is 3. The zero-order valence-electron chi connectivity index (χ0n) is 9.72. The highest BCUT2D eigenvalue weighted by Gasteiger charge is 2.17. The summed E-state index contributed by atoms with van der Waals surface area (Å²) < 4.78 is 26.8. The van der Waals surface area contributed by atoms with Gasteiger partial charge in [-0.15, -0.1) is 0 Å². The van der Waals surface area contributed by atoms with Gasteiger partial charge in [-0.2, -0.15) is 0 Å². The van der Waals surface area contributed by atoms with Crippen molar-refractivity contribution < 1.29 is 8.42 Å². The van der Waals surface area contributed by atoms with Crippen LogP contribution in [0.3, 0.4) is 0 Å². The Morgan fingerprint density at radius 3 is 2.33 bits per heavy atom. The van der Waals surface area contributed by atoms with Gasteiger partial charge in [-0.05, 0) is 36.8 Å². The minimum Gasteiger partial charge on any atom is -0.280 e. The Morgan fingerprint density at radius 2 is 1.72 bits per heavy atom. The number of benzene rings is 2. The number of hydrogen-bond acceptors (Lipinski definition) is 2. The molecule has 2 aromatic rings. The summed E-state index contributed by atoms with van der Waals surface area (Å²) in [5, 5.41) is 0.221. The molecule has 0 saturated carbocycles. The summed E-state index contributed by atoms with van der Waals surface area (Å²) in [6.45, 7) is 1.85. The van der Waals surface area contributed by atoms with Gasteiger partial charge in [-0.1, -0.05) is 35.9 Å². The number of sulfonamides is 1. The van der Waals surface area contributed by atoms with E-state index in [1.807, 2.05) is 13.0 Å². The maximum absolute atomic E-state index is 12.1. The molecule has 1 N–H and O–H groups in total. The van der Waals surface area contributed by atoms with E-state index >= 15 is 0 Å². The van der Waals surface area contributed by atoms with Crippen molar-refractivity contribution >= 4 is 27.3 Å². The van der Waals surface area contributed by atoms with Gasteiger partial charge < -0.3 is 0 Å². The quantitative estimate of drug-likeness (QED) is 0.937. The lowest BCUT2D eigenvalue weighted by Gasteiger charge is -2.09. The topological polar surface area (TPSA) is 46.2 Å². The Bertz CT molecular complexity index is 654. The number of para-hydroxylation sites is 1. The van der Waals surface area contributed by atoms with E-state index in [0.29, 0.717) is 5.69 Å². The number of aryl methyl sites for hydroxylation is 1. The van der Waals surface area contributed by atoms with Crippen LogP contribution in [0.1, 0.15) is 5.56 Å². The molecule has 0 fully saturated rings. The Hall–Kier alpha value is -1.52. The van der Waals surface area contributed by atoms with Gasteiger partial charge in [0.05, 0.1) is 5.02 Å². The largest absolute Gasteiger partial charge is 0.280 e. The lowest BCUT2D eigenvalue weighted by Crippen LogP contribution is -2.13. The van der Waals surface area contributed by atoms with E-state index in [9.17, 15) is 8.42 Å². The first-order valence-electron chi connectivity index (χ1n) is 5.33. The molecule has 2 aromatic carbocycles. The Kier molecular flexibility index (Phi) is 3.59. The second kappa shape index (κ2) is 5.00. The van der Waals surface area contributed by atoms with Crippen molar-refractivity contribution in [2.24, 2.45) is 0 Å². The van der Waals surface area contributed by atoms with E-state index in [0.717, 1.165) is 5.56 Å². The SMILES string of the molecule is Cc1ccc(S(=O)(=O)Nc2ccccc2)c(Cl)c1. The van der Waals surface area contributed by atoms with Crippen LogP contribution in [0.15, 0.2) is 53.4 Å². The fourth-order valence-corrected chi connectivity index (χ4v) is 3.20. The van der Waals surface area contributed by atoms with Crippen LogP contribution in [0.2, 0.25) is 5.02 Å². The van der Waals surface area contributed by atoms with E-state index < -0.39 is 10.0 Å². The molecule has 0 heterocycles. The predicted octanol–water partition coefficient (Wildman–Crippen LogP) is 3.45. The molecule has 0 radical (unpaired) electrons. The van der Waals surface area contributed by atoms with Crippen LogP contribution in [0.25, 0.3) is 0 Å². The molecule has 0 spiro atoms. The molecule has 0 aliphatic heterocycles. The number of hydrogen-bond donors (Lipinski definition) is 1. The molecule has 0 bridgehead atoms. The van der Waals surface area contributed by atoms with Crippen molar-refractivity contribution in [2.75, 3.05) is 4.72 Å². The predicted molar refractivity (Wildman–Crippen MR) is 73.4 cm³/mol. The second-order valence-electron chi connectivity index (χ2n) is 3.91. The number of anilines is 1. The van der Waals surface area contributed by atoms with Crippen molar-refractivity contribution in [2.45, 2.75) is 11.8 Å². The van der Waals surface area contributed by atoms with E-state index in [1.54, 1.807) is 36.4 Å². The summed E-state index contributed by atoms with van der Waals surface area (Å²) in [5.41, 5.74) is 1.42. The standard InChI is InChI=1S/C13H12ClNO2S/c1-10-7-8-13(12(14)9-10)18(16,17)15-11-5-3-2-4-6-11/h2-9,15H,1H3. The minimum atomic E-state index is -3.64. The maximum Gasteiger partial charge on any atom is 0.263 e. The van der Waals surface area contributed by atoms with Gasteiger partial charge in [-0.25, -0.2) is 8.42 Å². The van der Waals surface area contributed by atoms with Crippen LogP contribution in [-0.2, 0) is 10.0 Å². The van der Waals surface area contributed by atoms with Gasteiger partial charge in [0, 0.05) is 5.69 Å². The third-order valence-electron chi connectivity index (χ3n) is 2.40. The first-order chi connectivity index (χ1) is 8.49. The lowest BCUT2D eigenvalue weighted by atomic mass is 10.2. The third-order valence-corrected chi connectivity index (χ3v) is 4.27. The van der Waals surface area contributed by atoms with Gasteiger partial charge in [0.15, 0.2) is 0 Å². The molecular weight excluding hydrogens is 270 g/mol. The van der Waals surface area contributed by atoms with Crippen molar-refractivity contribution in [3.05, 3.63) is 59.1 Å². The highest BCUT2D eigenvalue weighted by Crippen LogP contribution is 2.24. The van der Waals surface area contributed by atoms with E-state index in [-0.39, 0.29) is 9.92 Å². The number of halogens is 1. The number of nitrogens with one attached hydrogen (secondary N) is 1. The minimum absolute atomic E-state index is 0.0821. The summed E-state index contributed by atoms with van der Waals surface area (Å²) in [5.74, 6) is 0. The highest BCUT2D eigenvalue weighted by molar-refractivity contribution is 7.92. The fourth-order valence-electron chi connectivity index (χ4n) is 1.54. The molecule has 0 aromatic heterocycles. The molecule has 3 nitrogen and oxygen atoms in total. The van der Waals surface area contributed by atoms with Crippen molar-refractivity contribution in [3.8, 4) is 0 Å². The molecule has 94 valence electrons. The third kappa shape index (κ3) is 2.83. The summed E-state index contributed by atoms with van der Waals surface area (Å²) in [6, 6.07) is 13.5. The van der Waals surface area contributed by atoms with Gasteiger partial charge in [-0.3, -0.25) is 4.72 Å². The van der Waals surface area contributed by atoms with Crippen LogP contribution < -0.4 is 4.72 Å². The monoisotopic (exact) mass is 281 g/mol. The zero-order chi connectivity index (χ0) is 13.2. The normalized spacial score (nSPS) is 11.2. The van der Waals surface area contributed by atoms with E-state index in [2.05, 4.69) is 4.72 Å². The molecule has 2 rings (SSSR count). The lowest BCUT2D eigenvalue weighted by molar-refractivity contribution is 0.601. The Morgan fingerprint density at radius 1 is 1.06 bits per heavy atom. The van der Waals surface area contributed by atoms with Crippen molar-refractivity contribution in [1.29, 1.82) is 0 Å².